The molecule has 0 saturated heterocycles. The van der Waals surface area contributed by atoms with Gasteiger partial charge in [-0.15, -0.1) is 11.3 Å². The molecule has 2 N–H and O–H groups in total. The molecule has 0 saturated carbocycles. The van der Waals surface area contributed by atoms with Crippen molar-refractivity contribution in [2.24, 2.45) is 0 Å². The average molecular weight is 325 g/mol. The number of ether oxygens (including phenoxy) is 1. The van der Waals surface area contributed by atoms with Crippen LogP contribution in [0.5, 0.6) is 5.75 Å². The minimum absolute atomic E-state index is 0.558. The van der Waals surface area contributed by atoms with Gasteiger partial charge in [0.15, 0.2) is 5.58 Å². The van der Waals surface area contributed by atoms with Crippen LogP contribution in [0.4, 0.5) is 5.69 Å². The molecule has 0 radical (unpaired) electrons. The fraction of sp³-hybridized carbons (Fsp3) is 0.0833. The van der Waals surface area contributed by atoms with Crippen molar-refractivity contribution in [3.63, 3.8) is 0 Å². The molecule has 4 nitrogen and oxygen atoms in total. The van der Waals surface area contributed by atoms with Crippen molar-refractivity contribution in [1.29, 1.82) is 0 Å². The van der Waals surface area contributed by atoms with E-state index in [0.717, 1.165) is 20.6 Å². The van der Waals surface area contributed by atoms with Gasteiger partial charge in [-0.3, -0.25) is 0 Å². The van der Waals surface area contributed by atoms with Crippen LogP contribution >= 0.6 is 27.3 Å². The summed E-state index contributed by atoms with van der Waals surface area (Å²) in [6.45, 7) is 0. The number of rotatable bonds is 2. The van der Waals surface area contributed by atoms with Gasteiger partial charge in [-0.2, -0.15) is 0 Å². The zero-order chi connectivity index (χ0) is 12.7. The zero-order valence-corrected chi connectivity index (χ0v) is 11.8. The van der Waals surface area contributed by atoms with Gasteiger partial charge in [0.1, 0.15) is 11.3 Å². The summed E-state index contributed by atoms with van der Waals surface area (Å²) in [4.78, 5) is 5.35. The molecule has 0 amide bonds. The van der Waals surface area contributed by atoms with Gasteiger partial charge in [0.25, 0.3) is 0 Å². The molecular weight excluding hydrogens is 316 g/mol. The quantitative estimate of drug-likeness (QED) is 0.726. The van der Waals surface area contributed by atoms with Crippen molar-refractivity contribution in [3.05, 3.63) is 28.1 Å². The Bertz CT molecular complexity index is 720. The summed E-state index contributed by atoms with van der Waals surface area (Å²) in [5.74, 6) is 1.36. The van der Waals surface area contributed by atoms with Gasteiger partial charge in [0, 0.05) is 15.9 Å². The summed E-state index contributed by atoms with van der Waals surface area (Å²) in [5, 5.41) is 1.91. The van der Waals surface area contributed by atoms with Crippen LogP contribution in [-0.4, -0.2) is 12.1 Å². The Labute approximate surface area is 116 Å². The van der Waals surface area contributed by atoms with Crippen LogP contribution in [-0.2, 0) is 0 Å². The smallest absolute Gasteiger partial charge is 0.237 e. The van der Waals surface area contributed by atoms with Gasteiger partial charge < -0.3 is 14.9 Å². The second kappa shape index (κ2) is 4.29. The largest absolute Gasteiger partial charge is 0.496 e. The molecule has 3 rings (SSSR count). The lowest BCUT2D eigenvalue weighted by Gasteiger charge is -1.93. The number of nitrogens with two attached hydrogens (primary N) is 1. The van der Waals surface area contributed by atoms with Crippen molar-refractivity contribution >= 4 is 44.1 Å². The van der Waals surface area contributed by atoms with E-state index in [1.807, 2.05) is 17.5 Å². The van der Waals surface area contributed by atoms with Crippen LogP contribution in [0.2, 0.25) is 0 Å². The fourth-order valence-corrected chi connectivity index (χ4v) is 2.91. The van der Waals surface area contributed by atoms with E-state index in [4.69, 9.17) is 14.9 Å². The normalized spacial score (nSPS) is 11.0. The summed E-state index contributed by atoms with van der Waals surface area (Å²) in [6, 6.07) is 5.57. The van der Waals surface area contributed by atoms with E-state index in [1.54, 1.807) is 13.2 Å². The van der Waals surface area contributed by atoms with Crippen LogP contribution in [0.25, 0.3) is 21.9 Å². The Morgan fingerprint density at radius 3 is 2.94 bits per heavy atom. The first-order valence-corrected chi connectivity index (χ1v) is 6.83. The highest BCUT2D eigenvalue weighted by molar-refractivity contribution is 9.10. The molecule has 2 aromatic heterocycles. The lowest BCUT2D eigenvalue weighted by atomic mass is 10.3. The summed E-state index contributed by atoms with van der Waals surface area (Å²) in [7, 11) is 1.63. The number of aromatic nitrogens is 1. The molecule has 0 aliphatic heterocycles. The van der Waals surface area contributed by atoms with Gasteiger partial charge in [-0.1, -0.05) is 15.9 Å². The number of nitrogen functional groups attached to an aromatic ring is 1. The number of hydrogen-bond acceptors (Lipinski definition) is 5. The average Bonchev–Trinajstić information content (AvgIpc) is 2.93. The monoisotopic (exact) mass is 324 g/mol. The van der Waals surface area contributed by atoms with Gasteiger partial charge in [-0.05, 0) is 12.1 Å². The van der Waals surface area contributed by atoms with Gasteiger partial charge in [0.05, 0.1) is 17.7 Å². The van der Waals surface area contributed by atoms with Crippen molar-refractivity contribution in [2.45, 2.75) is 0 Å². The number of nitrogens with zero attached hydrogens (tertiary/aromatic N) is 1. The Morgan fingerprint density at radius 2 is 2.22 bits per heavy atom. The minimum atomic E-state index is 0.558. The van der Waals surface area contributed by atoms with E-state index in [-0.39, 0.29) is 0 Å². The molecule has 2 heterocycles. The molecule has 0 spiro atoms. The van der Waals surface area contributed by atoms with E-state index < -0.39 is 0 Å². The second-order valence-corrected chi connectivity index (χ2v) is 5.54. The maximum atomic E-state index is 5.89. The number of thiophene rings is 1. The molecule has 6 heteroatoms. The molecule has 0 fully saturated rings. The third-order valence-corrected chi connectivity index (χ3v) is 3.86. The highest BCUT2D eigenvalue weighted by Gasteiger charge is 2.13. The SMILES string of the molecule is COc1csc(-c2nc3cc(Br)cc(N)c3o2)c1. The van der Waals surface area contributed by atoms with Crippen LogP contribution in [0.3, 0.4) is 0 Å². The molecule has 18 heavy (non-hydrogen) atoms. The first-order valence-electron chi connectivity index (χ1n) is 5.16. The molecule has 0 atom stereocenters. The third kappa shape index (κ3) is 1.87. The second-order valence-electron chi connectivity index (χ2n) is 3.71. The predicted octanol–water partition coefficient (Wildman–Crippen LogP) is 3.91. The number of fused-ring (bicyclic) bond motifs is 1. The standard InChI is InChI=1S/C12H9BrN2O2S/c1-16-7-4-10(18-5-7)12-15-9-3-6(13)2-8(14)11(9)17-12/h2-5H,14H2,1H3. The van der Waals surface area contributed by atoms with E-state index in [9.17, 15) is 0 Å². The fourth-order valence-electron chi connectivity index (χ4n) is 1.67. The molecular formula is C12H9BrN2O2S. The topological polar surface area (TPSA) is 61.3 Å². The number of anilines is 1. The lowest BCUT2D eigenvalue weighted by Crippen LogP contribution is -1.84. The van der Waals surface area contributed by atoms with Crippen LogP contribution < -0.4 is 10.5 Å². The Balaban J connectivity index is 2.16. The minimum Gasteiger partial charge on any atom is -0.496 e. The molecule has 0 unspecified atom stereocenters. The Kier molecular flexibility index (Phi) is 2.76. The molecule has 0 bridgehead atoms. The molecule has 3 aromatic rings. The zero-order valence-electron chi connectivity index (χ0n) is 9.44. The number of benzene rings is 1. The van der Waals surface area contributed by atoms with E-state index in [1.165, 1.54) is 11.3 Å². The third-order valence-electron chi connectivity index (χ3n) is 2.51. The number of methoxy groups -OCH3 is 1. The number of hydrogen-bond donors (Lipinski definition) is 1. The van der Waals surface area contributed by atoms with Crippen molar-refractivity contribution in [3.8, 4) is 16.5 Å². The predicted molar refractivity (Wildman–Crippen MR) is 76.0 cm³/mol. The van der Waals surface area contributed by atoms with Gasteiger partial charge >= 0.3 is 0 Å². The van der Waals surface area contributed by atoms with Crippen molar-refractivity contribution < 1.29 is 9.15 Å². The highest BCUT2D eigenvalue weighted by atomic mass is 79.9. The molecule has 1 aromatic carbocycles. The Hall–Kier alpha value is -1.53. The molecule has 92 valence electrons. The van der Waals surface area contributed by atoms with Crippen LogP contribution in [0.1, 0.15) is 0 Å². The summed E-state index contributed by atoms with van der Waals surface area (Å²) in [6.07, 6.45) is 0. The van der Waals surface area contributed by atoms with Gasteiger partial charge in [-0.25, -0.2) is 4.98 Å². The summed E-state index contributed by atoms with van der Waals surface area (Å²) < 4.78 is 11.7. The number of oxazole rings is 1. The molecule has 0 aliphatic carbocycles. The first-order chi connectivity index (χ1) is 8.67. The van der Waals surface area contributed by atoms with E-state index in [2.05, 4.69) is 20.9 Å². The summed E-state index contributed by atoms with van der Waals surface area (Å²) in [5.41, 5.74) is 7.82. The van der Waals surface area contributed by atoms with Crippen molar-refractivity contribution in [1.82, 2.24) is 4.98 Å². The lowest BCUT2D eigenvalue weighted by molar-refractivity contribution is 0.416. The van der Waals surface area contributed by atoms with E-state index in [0.29, 0.717) is 17.2 Å². The van der Waals surface area contributed by atoms with Gasteiger partial charge in [0.2, 0.25) is 5.89 Å². The Morgan fingerprint density at radius 1 is 1.39 bits per heavy atom. The highest BCUT2D eigenvalue weighted by Crippen LogP contribution is 2.35. The summed E-state index contributed by atoms with van der Waals surface area (Å²) >= 11 is 4.90. The van der Waals surface area contributed by atoms with Crippen molar-refractivity contribution in [2.75, 3.05) is 12.8 Å². The van der Waals surface area contributed by atoms with E-state index >= 15 is 0 Å². The van der Waals surface area contributed by atoms with Crippen LogP contribution in [0, 0.1) is 0 Å². The first kappa shape index (κ1) is 11.6. The maximum Gasteiger partial charge on any atom is 0.237 e. The van der Waals surface area contributed by atoms with Crippen LogP contribution in [0.15, 0.2) is 32.5 Å². The maximum absolute atomic E-state index is 5.89. The molecule has 0 aliphatic rings. The number of halogens is 1.